The lowest BCUT2D eigenvalue weighted by Crippen LogP contribution is -1.89. The first-order valence-electron chi connectivity index (χ1n) is 5.64. The van der Waals surface area contributed by atoms with Gasteiger partial charge in [-0.2, -0.15) is 0 Å². The molecular formula is C14H12N2S2. The van der Waals surface area contributed by atoms with E-state index in [0.717, 1.165) is 16.5 Å². The fraction of sp³-hybridized carbons (Fsp3) is 0.0714. The Morgan fingerprint density at radius 3 is 2.61 bits per heavy atom. The highest BCUT2D eigenvalue weighted by Gasteiger charge is 2.05. The average Bonchev–Trinajstić information content (AvgIpc) is 3.02. The van der Waals surface area contributed by atoms with E-state index in [2.05, 4.69) is 58.3 Å². The van der Waals surface area contributed by atoms with E-state index in [0.29, 0.717) is 0 Å². The van der Waals surface area contributed by atoms with Gasteiger partial charge in [0.1, 0.15) is 0 Å². The monoisotopic (exact) mass is 272 g/mol. The number of aromatic nitrogens is 1. The van der Waals surface area contributed by atoms with Crippen molar-refractivity contribution in [3.05, 3.63) is 52.7 Å². The van der Waals surface area contributed by atoms with Crippen molar-refractivity contribution < 1.29 is 0 Å². The van der Waals surface area contributed by atoms with Gasteiger partial charge in [-0.05, 0) is 30.5 Å². The standard InChI is InChI=1S/C14H12N2S2/c1-10-4-6-11(7-5-10)15-14-16-12(9-18-14)13-3-2-8-17-13/h2-9H,1H3,(H,15,16). The van der Waals surface area contributed by atoms with Gasteiger partial charge in [0.15, 0.2) is 5.13 Å². The smallest absolute Gasteiger partial charge is 0.187 e. The van der Waals surface area contributed by atoms with E-state index in [1.54, 1.807) is 22.7 Å². The van der Waals surface area contributed by atoms with Crippen LogP contribution in [0.5, 0.6) is 0 Å². The Morgan fingerprint density at radius 1 is 1.06 bits per heavy atom. The van der Waals surface area contributed by atoms with Crippen LogP contribution in [0, 0.1) is 6.92 Å². The molecule has 0 saturated carbocycles. The second kappa shape index (κ2) is 4.92. The second-order valence-corrected chi connectivity index (χ2v) is 5.81. The van der Waals surface area contributed by atoms with Crippen molar-refractivity contribution in [1.82, 2.24) is 4.98 Å². The third-order valence-corrected chi connectivity index (χ3v) is 4.23. The highest BCUT2D eigenvalue weighted by molar-refractivity contribution is 7.16. The van der Waals surface area contributed by atoms with Gasteiger partial charge in [0.2, 0.25) is 0 Å². The number of thiophene rings is 1. The average molecular weight is 272 g/mol. The van der Waals surface area contributed by atoms with E-state index in [1.165, 1.54) is 10.4 Å². The molecule has 1 aromatic carbocycles. The largest absolute Gasteiger partial charge is 0.332 e. The SMILES string of the molecule is Cc1ccc(Nc2nc(-c3cccs3)cs2)cc1. The molecule has 18 heavy (non-hydrogen) atoms. The van der Waals surface area contributed by atoms with Crippen molar-refractivity contribution in [3.8, 4) is 10.6 Å². The Morgan fingerprint density at radius 2 is 1.89 bits per heavy atom. The number of rotatable bonds is 3. The molecule has 2 aromatic heterocycles. The molecule has 0 aliphatic carbocycles. The zero-order valence-corrected chi connectivity index (χ0v) is 11.5. The quantitative estimate of drug-likeness (QED) is 0.731. The van der Waals surface area contributed by atoms with Crippen LogP contribution in [0.25, 0.3) is 10.6 Å². The topological polar surface area (TPSA) is 24.9 Å². The van der Waals surface area contributed by atoms with Crippen LogP contribution in [0.3, 0.4) is 0 Å². The van der Waals surface area contributed by atoms with Crippen LogP contribution in [-0.4, -0.2) is 4.98 Å². The number of hydrogen-bond acceptors (Lipinski definition) is 4. The van der Waals surface area contributed by atoms with E-state index in [1.807, 2.05) is 6.07 Å². The van der Waals surface area contributed by atoms with Gasteiger partial charge in [-0.15, -0.1) is 22.7 Å². The van der Waals surface area contributed by atoms with Crippen LogP contribution in [0.4, 0.5) is 10.8 Å². The second-order valence-electron chi connectivity index (χ2n) is 4.01. The van der Waals surface area contributed by atoms with Gasteiger partial charge < -0.3 is 5.32 Å². The molecule has 2 heterocycles. The summed E-state index contributed by atoms with van der Waals surface area (Å²) in [7, 11) is 0. The summed E-state index contributed by atoms with van der Waals surface area (Å²) in [5, 5.41) is 8.41. The summed E-state index contributed by atoms with van der Waals surface area (Å²) in [6.07, 6.45) is 0. The normalized spacial score (nSPS) is 10.5. The van der Waals surface area contributed by atoms with Crippen LogP contribution in [0.1, 0.15) is 5.56 Å². The maximum absolute atomic E-state index is 4.59. The van der Waals surface area contributed by atoms with Gasteiger partial charge in [0.25, 0.3) is 0 Å². The van der Waals surface area contributed by atoms with Gasteiger partial charge in [0, 0.05) is 11.1 Å². The van der Waals surface area contributed by atoms with Crippen LogP contribution < -0.4 is 5.32 Å². The lowest BCUT2D eigenvalue weighted by Gasteiger charge is -2.02. The summed E-state index contributed by atoms with van der Waals surface area (Å²) in [5.41, 5.74) is 3.39. The summed E-state index contributed by atoms with van der Waals surface area (Å²) in [6, 6.07) is 12.5. The molecule has 0 saturated heterocycles. The first-order valence-corrected chi connectivity index (χ1v) is 7.40. The fourth-order valence-corrected chi connectivity index (χ4v) is 3.12. The number of aryl methyl sites for hydroxylation is 1. The molecule has 0 bridgehead atoms. The van der Waals surface area contributed by atoms with Gasteiger partial charge >= 0.3 is 0 Å². The van der Waals surface area contributed by atoms with Crippen molar-refractivity contribution in [3.63, 3.8) is 0 Å². The Kier molecular flexibility index (Phi) is 3.13. The number of anilines is 2. The molecule has 0 fully saturated rings. The Labute approximate surface area is 114 Å². The van der Waals surface area contributed by atoms with Crippen molar-refractivity contribution in [1.29, 1.82) is 0 Å². The Bertz CT molecular complexity index is 624. The maximum atomic E-state index is 4.59. The summed E-state index contributed by atoms with van der Waals surface area (Å²) < 4.78 is 0. The molecule has 3 aromatic rings. The van der Waals surface area contributed by atoms with Crippen molar-refractivity contribution in [2.45, 2.75) is 6.92 Å². The van der Waals surface area contributed by atoms with E-state index in [-0.39, 0.29) is 0 Å². The minimum atomic E-state index is 0.933. The minimum Gasteiger partial charge on any atom is -0.332 e. The lowest BCUT2D eigenvalue weighted by molar-refractivity contribution is 1.39. The molecule has 90 valence electrons. The molecule has 4 heteroatoms. The molecule has 0 spiro atoms. The molecule has 0 radical (unpaired) electrons. The number of nitrogens with one attached hydrogen (secondary N) is 1. The van der Waals surface area contributed by atoms with Crippen LogP contribution in [0.2, 0.25) is 0 Å². The van der Waals surface area contributed by atoms with E-state index in [9.17, 15) is 0 Å². The number of benzene rings is 1. The van der Waals surface area contributed by atoms with E-state index >= 15 is 0 Å². The predicted octanol–water partition coefficient (Wildman–Crippen LogP) is 4.92. The molecule has 0 aliphatic rings. The predicted molar refractivity (Wildman–Crippen MR) is 79.9 cm³/mol. The molecule has 0 atom stereocenters. The summed E-state index contributed by atoms with van der Waals surface area (Å²) >= 11 is 3.35. The number of hydrogen-bond donors (Lipinski definition) is 1. The highest BCUT2D eigenvalue weighted by Crippen LogP contribution is 2.29. The van der Waals surface area contributed by atoms with Gasteiger partial charge in [-0.3, -0.25) is 0 Å². The fourth-order valence-electron chi connectivity index (χ4n) is 1.63. The number of thiazole rings is 1. The van der Waals surface area contributed by atoms with E-state index in [4.69, 9.17) is 0 Å². The third-order valence-electron chi connectivity index (χ3n) is 2.58. The minimum absolute atomic E-state index is 0.933. The maximum Gasteiger partial charge on any atom is 0.187 e. The molecule has 0 aliphatic heterocycles. The highest BCUT2D eigenvalue weighted by atomic mass is 32.1. The van der Waals surface area contributed by atoms with Crippen molar-refractivity contribution >= 4 is 33.5 Å². The third kappa shape index (κ3) is 2.44. The molecular weight excluding hydrogens is 260 g/mol. The molecule has 3 rings (SSSR count). The van der Waals surface area contributed by atoms with Crippen LogP contribution in [-0.2, 0) is 0 Å². The first kappa shape index (κ1) is 11.4. The summed E-state index contributed by atoms with van der Waals surface area (Å²) in [4.78, 5) is 5.80. The van der Waals surface area contributed by atoms with Gasteiger partial charge in [0.05, 0.1) is 10.6 Å². The summed E-state index contributed by atoms with van der Waals surface area (Å²) in [5.74, 6) is 0. The molecule has 0 unspecified atom stereocenters. The Balaban J connectivity index is 1.80. The van der Waals surface area contributed by atoms with Gasteiger partial charge in [-0.25, -0.2) is 4.98 Å². The molecule has 0 amide bonds. The van der Waals surface area contributed by atoms with Crippen LogP contribution >= 0.6 is 22.7 Å². The lowest BCUT2D eigenvalue weighted by atomic mass is 10.2. The zero-order chi connectivity index (χ0) is 12.4. The zero-order valence-electron chi connectivity index (χ0n) is 9.88. The van der Waals surface area contributed by atoms with Crippen molar-refractivity contribution in [2.75, 3.05) is 5.32 Å². The van der Waals surface area contributed by atoms with Crippen LogP contribution in [0.15, 0.2) is 47.2 Å². The van der Waals surface area contributed by atoms with Gasteiger partial charge in [-0.1, -0.05) is 23.8 Å². The molecule has 1 N–H and O–H groups in total. The van der Waals surface area contributed by atoms with Crippen molar-refractivity contribution in [2.24, 2.45) is 0 Å². The first-order chi connectivity index (χ1) is 8.81. The van der Waals surface area contributed by atoms with E-state index < -0.39 is 0 Å². The molecule has 2 nitrogen and oxygen atoms in total. The Hall–Kier alpha value is -1.65. The summed E-state index contributed by atoms with van der Waals surface area (Å²) in [6.45, 7) is 2.09. The number of nitrogens with zero attached hydrogens (tertiary/aromatic N) is 1.